The lowest BCUT2D eigenvalue weighted by molar-refractivity contribution is -0.166. The number of hydrogen-bond acceptors (Lipinski definition) is 6. The van der Waals surface area contributed by atoms with Gasteiger partial charge in [0.25, 0.3) is 0 Å². The Morgan fingerprint density at radius 1 is 1.00 bits per heavy atom. The second-order valence-electron chi connectivity index (χ2n) is 2.37. The number of rotatable bonds is 0. The van der Waals surface area contributed by atoms with Gasteiger partial charge in [-0.15, -0.1) is 0 Å². The summed E-state index contributed by atoms with van der Waals surface area (Å²) >= 11 is 0. The van der Waals surface area contributed by atoms with Gasteiger partial charge in [-0.25, -0.2) is 9.59 Å². The highest BCUT2D eigenvalue weighted by Gasteiger charge is 2.39. The largest absolute Gasteiger partial charge is 0.391 e. The second-order valence-corrected chi connectivity index (χ2v) is 2.37. The number of ether oxygens (including phenoxy) is 1. The summed E-state index contributed by atoms with van der Waals surface area (Å²) in [6, 6.07) is -2.84. The Labute approximate surface area is 62.6 Å². The van der Waals surface area contributed by atoms with E-state index < -0.39 is 30.1 Å². The van der Waals surface area contributed by atoms with Gasteiger partial charge in [-0.1, -0.05) is 0 Å². The van der Waals surface area contributed by atoms with Crippen LogP contribution in [-0.4, -0.2) is 30.1 Å². The lowest BCUT2D eigenvalue weighted by Crippen LogP contribution is -2.64. The summed E-state index contributed by atoms with van der Waals surface area (Å²) in [5.74, 6) is -1.63. The minimum Gasteiger partial charge on any atom is -0.391 e. The van der Waals surface area contributed by atoms with Crippen molar-refractivity contribution in [1.29, 1.82) is 0 Å². The fourth-order valence-corrected chi connectivity index (χ4v) is 0.773. The van der Waals surface area contributed by atoms with Crippen molar-refractivity contribution in [2.75, 3.05) is 0 Å². The van der Waals surface area contributed by atoms with Crippen molar-refractivity contribution in [2.45, 2.75) is 18.1 Å². The summed E-state index contributed by atoms with van der Waals surface area (Å²) in [7, 11) is 0. The molecule has 11 heavy (non-hydrogen) atoms. The molecule has 1 aliphatic rings. The van der Waals surface area contributed by atoms with Gasteiger partial charge in [0.1, 0.15) is 12.1 Å². The summed E-state index contributed by atoms with van der Waals surface area (Å²) in [4.78, 5) is 21.3. The first-order valence-electron chi connectivity index (χ1n) is 3.06. The molecule has 6 N–H and O–H groups in total. The van der Waals surface area contributed by atoms with E-state index >= 15 is 0 Å². The molecule has 1 aliphatic heterocycles. The van der Waals surface area contributed by atoms with Gasteiger partial charge in [0.15, 0.2) is 0 Å². The van der Waals surface area contributed by atoms with Crippen LogP contribution in [0.5, 0.6) is 0 Å². The van der Waals surface area contributed by atoms with E-state index in [2.05, 4.69) is 4.74 Å². The van der Waals surface area contributed by atoms with Crippen LogP contribution in [0.2, 0.25) is 0 Å². The molecule has 2 atom stereocenters. The van der Waals surface area contributed by atoms with E-state index in [1.807, 2.05) is 0 Å². The third-order valence-electron chi connectivity index (χ3n) is 1.57. The lowest BCUT2D eigenvalue weighted by Gasteiger charge is -2.27. The van der Waals surface area contributed by atoms with Crippen molar-refractivity contribution in [3.8, 4) is 0 Å². The Hall–Kier alpha value is -0.980. The zero-order valence-electron chi connectivity index (χ0n) is 5.69. The predicted octanol–water partition coefficient (Wildman–Crippen LogP) is -2.95. The molecule has 0 aliphatic carbocycles. The van der Waals surface area contributed by atoms with Crippen LogP contribution in [0, 0.1) is 0 Å². The molecule has 0 spiro atoms. The molecule has 0 aromatic carbocycles. The van der Waals surface area contributed by atoms with Gasteiger partial charge in [-0.3, -0.25) is 0 Å². The third kappa shape index (κ3) is 1.23. The predicted molar refractivity (Wildman–Crippen MR) is 35.0 cm³/mol. The third-order valence-corrected chi connectivity index (χ3v) is 1.57. The van der Waals surface area contributed by atoms with Crippen LogP contribution in [0.3, 0.4) is 0 Å². The molecule has 1 fully saturated rings. The van der Waals surface area contributed by atoms with E-state index in [1.165, 1.54) is 0 Å². The number of hydrogen-bond donors (Lipinski definition) is 3. The maximum Gasteiger partial charge on any atom is 0.332 e. The number of nitrogens with two attached hydrogens (primary N) is 3. The van der Waals surface area contributed by atoms with Crippen molar-refractivity contribution >= 4 is 11.9 Å². The molecule has 2 unspecified atom stereocenters. The fraction of sp³-hybridized carbons (Fsp3) is 0.600. The molecule has 6 nitrogen and oxygen atoms in total. The van der Waals surface area contributed by atoms with Crippen molar-refractivity contribution in [3.63, 3.8) is 0 Å². The minimum atomic E-state index is -0.998. The van der Waals surface area contributed by atoms with Gasteiger partial charge < -0.3 is 21.9 Å². The molecular weight excluding hydrogens is 150 g/mol. The topological polar surface area (TPSA) is 121 Å². The SMILES string of the molecule is NC1C(=O)OC(=O)C(N)C1N. The standard InChI is InChI=1S/C5H9N3O3/c6-1-2(7)4(9)11-5(10)3(1)8/h1-3H,6-8H2. The fourth-order valence-electron chi connectivity index (χ4n) is 0.773. The summed E-state index contributed by atoms with van der Waals surface area (Å²) in [6.07, 6.45) is 0. The number of cyclic esters (lactones) is 2. The highest BCUT2D eigenvalue weighted by molar-refractivity contribution is 5.95. The van der Waals surface area contributed by atoms with E-state index in [-0.39, 0.29) is 0 Å². The zero-order valence-corrected chi connectivity index (χ0v) is 5.69. The molecule has 1 heterocycles. The van der Waals surface area contributed by atoms with Crippen LogP contribution in [0.4, 0.5) is 0 Å². The zero-order chi connectivity index (χ0) is 8.59. The van der Waals surface area contributed by atoms with E-state index in [0.29, 0.717) is 0 Å². The average molecular weight is 159 g/mol. The highest BCUT2D eigenvalue weighted by atomic mass is 16.6. The van der Waals surface area contributed by atoms with E-state index in [1.54, 1.807) is 0 Å². The quantitative estimate of drug-likeness (QED) is 0.256. The maximum atomic E-state index is 10.7. The van der Waals surface area contributed by atoms with Crippen LogP contribution in [-0.2, 0) is 14.3 Å². The smallest absolute Gasteiger partial charge is 0.332 e. The first kappa shape index (κ1) is 8.12. The van der Waals surface area contributed by atoms with Crippen molar-refractivity contribution in [3.05, 3.63) is 0 Å². The van der Waals surface area contributed by atoms with E-state index in [0.717, 1.165) is 0 Å². The lowest BCUT2D eigenvalue weighted by atomic mass is 10.0. The first-order valence-corrected chi connectivity index (χ1v) is 3.06. The Bertz CT molecular complexity index is 185. The second kappa shape index (κ2) is 2.57. The average Bonchev–Trinajstić information content (AvgIpc) is 1.97. The molecule has 0 aromatic heterocycles. The summed E-state index contributed by atoms with van der Waals surface area (Å²) in [5.41, 5.74) is 15.8. The van der Waals surface area contributed by atoms with Crippen molar-refractivity contribution in [2.24, 2.45) is 17.2 Å². The first-order chi connectivity index (χ1) is 5.04. The van der Waals surface area contributed by atoms with E-state index in [9.17, 15) is 9.59 Å². The van der Waals surface area contributed by atoms with E-state index in [4.69, 9.17) is 17.2 Å². The Morgan fingerprint density at radius 2 is 1.36 bits per heavy atom. The Kier molecular flexibility index (Phi) is 1.90. The summed E-state index contributed by atoms with van der Waals surface area (Å²) < 4.78 is 4.17. The molecule has 0 radical (unpaired) electrons. The van der Waals surface area contributed by atoms with Crippen LogP contribution in [0.25, 0.3) is 0 Å². The molecule has 0 bridgehead atoms. The van der Waals surface area contributed by atoms with Crippen LogP contribution in [0.15, 0.2) is 0 Å². The number of esters is 2. The molecule has 62 valence electrons. The Morgan fingerprint density at radius 3 is 1.73 bits per heavy atom. The van der Waals surface area contributed by atoms with Gasteiger partial charge in [0.2, 0.25) is 0 Å². The molecule has 6 heteroatoms. The molecular formula is C5H9N3O3. The molecule has 0 amide bonds. The highest BCUT2D eigenvalue weighted by Crippen LogP contribution is 2.05. The summed E-state index contributed by atoms with van der Waals surface area (Å²) in [5, 5.41) is 0. The number of carbonyl (C=O) groups is 2. The number of carbonyl (C=O) groups excluding carboxylic acids is 2. The van der Waals surface area contributed by atoms with Crippen molar-refractivity contribution < 1.29 is 14.3 Å². The normalized spacial score (nSPS) is 38.6. The van der Waals surface area contributed by atoms with Gasteiger partial charge in [0, 0.05) is 0 Å². The molecule has 0 aromatic rings. The van der Waals surface area contributed by atoms with Crippen molar-refractivity contribution in [1.82, 2.24) is 0 Å². The van der Waals surface area contributed by atoms with Gasteiger partial charge in [-0.05, 0) is 0 Å². The van der Waals surface area contributed by atoms with Crippen LogP contribution in [0.1, 0.15) is 0 Å². The summed E-state index contributed by atoms with van der Waals surface area (Å²) in [6.45, 7) is 0. The molecule has 1 saturated heterocycles. The monoisotopic (exact) mass is 159 g/mol. The molecule has 0 saturated carbocycles. The van der Waals surface area contributed by atoms with Gasteiger partial charge in [-0.2, -0.15) is 0 Å². The van der Waals surface area contributed by atoms with Gasteiger partial charge in [0.05, 0.1) is 6.04 Å². The van der Waals surface area contributed by atoms with Gasteiger partial charge >= 0.3 is 11.9 Å². The molecule has 1 rings (SSSR count). The van der Waals surface area contributed by atoms with Crippen LogP contribution < -0.4 is 17.2 Å². The van der Waals surface area contributed by atoms with Crippen LogP contribution >= 0.6 is 0 Å². The maximum absolute atomic E-state index is 10.7. The Balaban J connectivity index is 2.78. The minimum absolute atomic E-state index is 0.816.